The summed E-state index contributed by atoms with van der Waals surface area (Å²) in [5, 5.41) is 10.8. The maximum absolute atomic E-state index is 13.1. The molecule has 1 heterocycles. The Bertz CT molecular complexity index is 1030. The molecule has 2 aliphatic rings. The number of ketones is 4. The molecule has 0 saturated carbocycles. The fraction of sp³-hybridized carbons (Fsp3) is 0.350. The number of Topliss-reactive ketones (excluding diaryl/α,β-unsaturated/α-hetero) is 3. The Labute approximate surface area is 160 Å². The minimum atomic E-state index is -1.63. The SMILES string of the molecule is CC(=O)Oc1c(C)c(O)c2c(c1C(C)=O)OC1=CC(=O)C(C(C)=O)C(=O)C12C. The topological polar surface area (TPSA) is 124 Å². The fourth-order valence-electron chi connectivity index (χ4n) is 3.74. The van der Waals surface area contributed by atoms with Gasteiger partial charge in [0.25, 0.3) is 0 Å². The summed E-state index contributed by atoms with van der Waals surface area (Å²) in [6.07, 6.45) is 1.04. The summed E-state index contributed by atoms with van der Waals surface area (Å²) in [5.41, 5.74) is -1.72. The molecule has 1 aromatic rings. The van der Waals surface area contributed by atoms with Crippen LogP contribution in [0.25, 0.3) is 0 Å². The van der Waals surface area contributed by atoms with E-state index in [1.165, 1.54) is 20.8 Å². The van der Waals surface area contributed by atoms with Gasteiger partial charge in [-0.1, -0.05) is 0 Å². The quantitative estimate of drug-likeness (QED) is 0.360. The lowest BCUT2D eigenvalue weighted by molar-refractivity contribution is -0.140. The van der Waals surface area contributed by atoms with Crippen molar-refractivity contribution in [3.05, 3.63) is 28.5 Å². The average molecular weight is 386 g/mol. The molecule has 0 saturated heterocycles. The second-order valence-electron chi connectivity index (χ2n) is 7.08. The van der Waals surface area contributed by atoms with Crippen LogP contribution in [0.1, 0.15) is 49.2 Å². The first-order valence-corrected chi connectivity index (χ1v) is 8.50. The highest BCUT2D eigenvalue weighted by Crippen LogP contribution is 2.57. The van der Waals surface area contributed by atoms with Crippen molar-refractivity contribution in [3.8, 4) is 17.2 Å². The second-order valence-corrected chi connectivity index (χ2v) is 7.08. The highest BCUT2D eigenvalue weighted by atomic mass is 16.5. The molecule has 1 aliphatic heterocycles. The van der Waals surface area contributed by atoms with Gasteiger partial charge in [-0.05, 0) is 27.7 Å². The van der Waals surface area contributed by atoms with E-state index in [0.717, 1.165) is 19.9 Å². The third-order valence-corrected chi connectivity index (χ3v) is 5.14. The first-order valence-electron chi connectivity index (χ1n) is 8.50. The van der Waals surface area contributed by atoms with Gasteiger partial charge in [0.05, 0.1) is 5.56 Å². The number of rotatable bonds is 3. The second kappa shape index (κ2) is 6.12. The molecule has 0 fully saturated rings. The number of hydrogen-bond acceptors (Lipinski definition) is 8. The van der Waals surface area contributed by atoms with Gasteiger partial charge in [-0.25, -0.2) is 0 Å². The highest BCUT2D eigenvalue weighted by Gasteiger charge is 2.58. The zero-order valence-corrected chi connectivity index (χ0v) is 16.0. The molecule has 146 valence electrons. The van der Waals surface area contributed by atoms with Crippen LogP contribution in [0.3, 0.4) is 0 Å². The van der Waals surface area contributed by atoms with E-state index in [2.05, 4.69) is 0 Å². The van der Waals surface area contributed by atoms with E-state index in [0.29, 0.717) is 0 Å². The predicted molar refractivity (Wildman–Crippen MR) is 94.4 cm³/mol. The average Bonchev–Trinajstić information content (AvgIpc) is 2.85. The molecule has 28 heavy (non-hydrogen) atoms. The molecule has 1 aromatic carbocycles. The van der Waals surface area contributed by atoms with Gasteiger partial charge in [-0.3, -0.25) is 24.0 Å². The zero-order chi connectivity index (χ0) is 21.1. The van der Waals surface area contributed by atoms with Gasteiger partial charge in [0.1, 0.15) is 39.9 Å². The molecule has 8 nitrogen and oxygen atoms in total. The van der Waals surface area contributed by atoms with Gasteiger partial charge in [-0.15, -0.1) is 0 Å². The number of hydrogen-bond donors (Lipinski definition) is 1. The van der Waals surface area contributed by atoms with E-state index < -0.39 is 46.2 Å². The van der Waals surface area contributed by atoms with E-state index in [1.54, 1.807) is 0 Å². The van der Waals surface area contributed by atoms with Crippen LogP contribution in [0.4, 0.5) is 0 Å². The number of allylic oxidation sites excluding steroid dienone is 2. The van der Waals surface area contributed by atoms with Crippen molar-refractivity contribution in [1.29, 1.82) is 0 Å². The number of benzene rings is 1. The lowest BCUT2D eigenvalue weighted by atomic mass is 9.67. The summed E-state index contributed by atoms with van der Waals surface area (Å²) in [6, 6.07) is 0. The normalized spacial score (nSPS) is 22.8. The molecule has 8 heteroatoms. The van der Waals surface area contributed by atoms with Gasteiger partial charge >= 0.3 is 5.97 Å². The number of esters is 1. The van der Waals surface area contributed by atoms with Crippen molar-refractivity contribution < 1.29 is 38.6 Å². The van der Waals surface area contributed by atoms with E-state index in [-0.39, 0.29) is 33.9 Å². The Hall–Kier alpha value is -3.29. The molecule has 2 unspecified atom stereocenters. The van der Waals surface area contributed by atoms with Crippen LogP contribution < -0.4 is 9.47 Å². The van der Waals surface area contributed by atoms with Crippen LogP contribution in [-0.2, 0) is 24.6 Å². The summed E-state index contributed by atoms with van der Waals surface area (Å²) in [6.45, 7) is 6.33. The third-order valence-electron chi connectivity index (χ3n) is 5.14. The number of phenols is 1. The number of carbonyl (C=O) groups excluding carboxylic acids is 5. The van der Waals surface area contributed by atoms with Crippen LogP contribution in [0.5, 0.6) is 17.2 Å². The molecule has 0 amide bonds. The molecule has 0 spiro atoms. The number of aromatic hydroxyl groups is 1. The summed E-state index contributed by atoms with van der Waals surface area (Å²) < 4.78 is 10.8. The summed E-state index contributed by atoms with van der Waals surface area (Å²) in [4.78, 5) is 61.1. The van der Waals surface area contributed by atoms with Crippen molar-refractivity contribution in [2.24, 2.45) is 5.92 Å². The van der Waals surface area contributed by atoms with Gasteiger partial charge in [0.15, 0.2) is 23.1 Å². The van der Waals surface area contributed by atoms with Crippen molar-refractivity contribution in [3.63, 3.8) is 0 Å². The molecule has 1 N–H and O–H groups in total. The Morgan fingerprint density at radius 2 is 1.79 bits per heavy atom. The summed E-state index contributed by atoms with van der Waals surface area (Å²) in [5.74, 6) is -5.69. The largest absolute Gasteiger partial charge is 0.507 e. The van der Waals surface area contributed by atoms with E-state index in [1.807, 2.05) is 0 Å². The van der Waals surface area contributed by atoms with Gasteiger partial charge in [0.2, 0.25) is 0 Å². The Morgan fingerprint density at radius 1 is 1.18 bits per heavy atom. The van der Waals surface area contributed by atoms with Crippen molar-refractivity contribution in [1.82, 2.24) is 0 Å². The number of fused-ring (bicyclic) bond motifs is 3. The molecular weight excluding hydrogens is 368 g/mol. The molecular formula is C20H18O8. The Balaban J connectivity index is 2.40. The smallest absolute Gasteiger partial charge is 0.308 e. The van der Waals surface area contributed by atoms with E-state index >= 15 is 0 Å². The molecule has 0 bridgehead atoms. The minimum absolute atomic E-state index is 0.0268. The molecule has 0 aromatic heterocycles. The van der Waals surface area contributed by atoms with E-state index in [9.17, 15) is 29.1 Å². The lowest BCUT2D eigenvalue weighted by Crippen LogP contribution is -2.47. The highest BCUT2D eigenvalue weighted by molar-refractivity contribution is 6.27. The van der Waals surface area contributed by atoms with Crippen LogP contribution in [-0.4, -0.2) is 34.2 Å². The number of ether oxygens (including phenoxy) is 2. The molecule has 1 aliphatic carbocycles. The molecule has 0 radical (unpaired) electrons. The van der Waals surface area contributed by atoms with Crippen LogP contribution in [0.2, 0.25) is 0 Å². The van der Waals surface area contributed by atoms with Crippen LogP contribution in [0.15, 0.2) is 11.8 Å². The number of carbonyl (C=O) groups is 5. The molecule has 3 rings (SSSR count). The third kappa shape index (κ3) is 2.41. The van der Waals surface area contributed by atoms with Crippen LogP contribution >= 0.6 is 0 Å². The maximum atomic E-state index is 13.1. The zero-order valence-electron chi connectivity index (χ0n) is 16.0. The monoisotopic (exact) mass is 386 g/mol. The van der Waals surface area contributed by atoms with Gasteiger partial charge < -0.3 is 14.6 Å². The lowest BCUT2D eigenvalue weighted by Gasteiger charge is -2.30. The minimum Gasteiger partial charge on any atom is -0.507 e. The molecule has 2 atom stereocenters. The first-order chi connectivity index (χ1) is 12.9. The standard InChI is InChI=1S/C20H18O8/c1-7-16(25)15-18(14(9(3)22)17(7)27-10(4)23)28-12-6-11(24)13(8(2)21)19(26)20(12,15)5/h6,13,25H,1-5H3. The first kappa shape index (κ1) is 19.5. The van der Waals surface area contributed by atoms with Crippen molar-refractivity contribution in [2.75, 3.05) is 0 Å². The van der Waals surface area contributed by atoms with Crippen LogP contribution in [0, 0.1) is 12.8 Å². The summed E-state index contributed by atoms with van der Waals surface area (Å²) in [7, 11) is 0. The predicted octanol–water partition coefficient (Wildman–Crippen LogP) is 1.72. The van der Waals surface area contributed by atoms with E-state index in [4.69, 9.17) is 9.47 Å². The maximum Gasteiger partial charge on any atom is 0.308 e. The Kier molecular flexibility index (Phi) is 4.25. The fourth-order valence-corrected chi connectivity index (χ4v) is 3.74. The van der Waals surface area contributed by atoms with Crippen molar-refractivity contribution >= 4 is 29.1 Å². The Morgan fingerprint density at radius 3 is 2.29 bits per heavy atom. The van der Waals surface area contributed by atoms with Crippen molar-refractivity contribution in [2.45, 2.75) is 40.0 Å². The summed E-state index contributed by atoms with van der Waals surface area (Å²) >= 11 is 0. The van der Waals surface area contributed by atoms with Gasteiger partial charge in [-0.2, -0.15) is 0 Å². The number of phenolic OH excluding ortho intramolecular Hbond substituents is 1. The van der Waals surface area contributed by atoms with Gasteiger partial charge in [0, 0.05) is 18.6 Å².